The van der Waals surface area contributed by atoms with Crippen molar-refractivity contribution in [1.29, 1.82) is 0 Å². The predicted octanol–water partition coefficient (Wildman–Crippen LogP) is 5.82. The molecule has 0 aliphatic carbocycles. The Bertz CT molecular complexity index is 1180. The van der Waals surface area contributed by atoms with Crippen molar-refractivity contribution in [2.45, 2.75) is 65.2 Å². The minimum Gasteiger partial charge on any atom is -0.347 e. The zero-order valence-corrected chi connectivity index (χ0v) is 21.9. The predicted molar refractivity (Wildman–Crippen MR) is 147 cm³/mol. The molecule has 6 nitrogen and oxygen atoms in total. The Morgan fingerprint density at radius 1 is 1.09 bits per heavy atom. The van der Waals surface area contributed by atoms with Crippen molar-refractivity contribution < 1.29 is 4.79 Å². The van der Waals surface area contributed by atoms with Gasteiger partial charge < -0.3 is 15.8 Å². The molecule has 188 valence electrons. The number of aryl methyl sites for hydroxylation is 3. The Balaban J connectivity index is 1.68. The number of benzene rings is 2. The number of hydrogen-bond acceptors (Lipinski definition) is 4. The van der Waals surface area contributed by atoms with Crippen LogP contribution in [0.4, 0.5) is 0 Å². The van der Waals surface area contributed by atoms with Gasteiger partial charge in [-0.05, 0) is 62.3 Å². The summed E-state index contributed by atoms with van der Waals surface area (Å²) in [4.78, 5) is 13.5. The molecule has 1 aromatic heterocycles. The molecular formula is C28H38ClN5O. The van der Waals surface area contributed by atoms with Gasteiger partial charge in [-0.3, -0.25) is 4.79 Å². The van der Waals surface area contributed by atoms with Gasteiger partial charge in [0.2, 0.25) is 0 Å². The highest BCUT2D eigenvalue weighted by Crippen LogP contribution is 2.31. The number of halogens is 1. The fourth-order valence-electron chi connectivity index (χ4n) is 4.89. The summed E-state index contributed by atoms with van der Waals surface area (Å²) in [5.74, 6) is 11.5. The van der Waals surface area contributed by atoms with Crippen LogP contribution in [0.2, 0.25) is 5.02 Å². The van der Waals surface area contributed by atoms with Gasteiger partial charge in [0.05, 0.1) is 0 Å². The maximum absolute atomic E-state index is 13.5. The number of Topliss-reactive ketones (excluding diaryl/α,β-unsaturated/α-hetero) is 1. The summed E-state index contributed by atoms with van der Waals surface area (Å²) in [6, 6.07) is 14.5. The highest BCUT2D eigenvalue weighted by molar-refractivity contribution is 6.31. The van der Waals surface area contributed by atoms with Gasteiger partial charge in [0, 0.05) is 47.1 Å². The van der Waals surface area contributed by atoms with Gasteiger partial charge in [0.25, 0.3) is 0 Å². The number of carbonyl (C=O) groups is 1. The first-order chi connectivity index (χ1) is 16.8. The van der Waals surface area contributed by atoms with Gasteiger partial charge in [-0.1, -0.05) is 61.2 Å². The summed E-state index contributed by atoms with van der Waals surface area (Å²) in [5, 5.41) is 5.21. The molecule has 0 fully saturated rings. The Morgan fingerprint density at radius 2 is 1.83 bits per heavy atom. The minimum absolute atomic E-state index is 0.0461. The molecule has 0 radical (unpaired) electrons. The van der Waals surface area contributed by atoms with E-state index >= 15 is 0 Å². The zero-order valence-electron chi connectivity index (χ0n) is 21.1. The molecular weight excluding hydrogens is 458 g/mol. The van der Waals surface area contributed by atoms with Gasteiger partial charge in [-0.15, -0.1) is 0 Å². The van der Waals surface area contributed by atoms with E-state index in [-0.39, 0.29) is 11.7 Å². The molecule has 2 aromatic carbocycles. The number of carbonyl (C=O) groups excluding carboxylic acids is 1. The van der Waals surface area contributed by atoms with Crippen LogP contribution in [0.5, 0.6) is 0 Å². The minimum atomic E-state index is 0.0461. The first-order valence-electron chi connectivity index (χ1n) is 12.4. The second-order valence-electron chi connectivity index (χ2n) is 9.60. The summed E-state index contributed by atoms with van der Waals surface area (Å²) in [5.41, 5.74) is 8.14. The summed E-state index contributed by atoms with van der Waals surface area (Å²) >= 11 is 6.32. The molecule has 3 aromatic rings. The second kappa shape index (κ2) is 12.8. The molecule has 0 bridgehead atoms. The van der Waals surface area contributed by atoms with E-state index in [1.807, 2.05) is 32.2 Å². The van der Waals surface area contributed by atoms with Crippen LogP contribution < -0.4 is 17.1 Å². The lowest BCUT2D eigenvalue weighted by Crippen LogP contribution is -2.32. The highest BCUT2D eigenvalue weighted by atomic mass is 35.5. The maximum Gasteiger partial charge on any atom is 0.165 e. The molecule has 7 heteroatoms. The third-order valence-corrected chi connectivity index (χ3v) is 6.91. The standard InChI is InChI=1S/C28H38ClN5O/c1-19-9-8-11-21(15-19)10-6-4-5-7-12-25-28(23-18-22(29)13-14-24(23)34(25)3)26(35)16-20(2)17-27(32-30)33-31/h8-9,11,13-15,18,20H,4-7,10,12,16-17,30-31H2,1-3H3,(H,32,33)/t20-/m0/s1. The number of hydrazone groups is 1. The van der Waals surface area contributed by atoms with Crippen molar-refractivity contribution in [1.82, 2.24) is 9.99 Å². The Hall–Kier alpha value is -2.83. The van der Waals surface area contributed by atoms with Crippen LogP contribution in [0.1, 0.15) is 72.6 Å². The Kier molecular flexibility index (Phi) is 9.75. The fraction of sp³-hybridized carbons (Fsp3) is 0.429. The topological polar surface area (TPSA) is 98.4 Å². The molecule has 5 N–H and O–H groups in total. The lowest BCUT2D eigenvalue weighted by atomic mass is 9.94. The Labute approximate surface area is 213 Å². The van der Waals surface area contributed by atoms with Crippen LogP contribution in [-0.4, -0.2) is 16.2 Å². The van der Waals surface area contributed by atoms with E-state index in [1.165, 1.54) is 24.0 Å². The number of hydrazine groups is 1. The zero-order chi connectivity index (χ0) is 25.4. The number of hydrogen-bond donors (Lipinski definition) is 3. The molecule has 0 aliphatic heterocycles. The van der Waals surface area contributed by atoms with E-state index in [1.54, 1.807) is 0 Å². The largest absolute Gasteiger partial charge is 0.347 e. The van der Waals surface area contributed by atoms with Crippen LogP contribution in [0.3, 0.4) is 0 Å². The molecule has 1 heterocycles. The molecule has 0 amide bonds. The average Bonchev–Trinajstić information content (AvgIpc) is 3.10. The van der Waals surface area contributed by atoms with Gasteiger partial charge in [0.15, 0.2) is 5.78 Å². The van der Waals surface area contributed by atoms with Crippen LogP contribution in [0.25, 0.3) is 10.9 Å². The van der Waals surface area contributed by atoms with Crippen molar-refractivity contribution in [2.75, 3.05) is 0 Å². The summed E-state index contributed by atoms with van der Waals surface area (Å²) in [6.45, 7) is 4.15. The summed E-state index contributed by atoms with van der Waals surface area (Å²) in [6.07, 6.45) is 7.41. The van der Waals surface area contributed by atoms with Gasteiger partial charge in [-0.25, -0.2) is 5.84 Å². The maximum atomic E-state index is 13.5. The lowest BCUT2D eigenvalue weighted by Gasteiger charge is -2.13. The van der Waals surface area contributed by atoms with E-state index in [4.69, 9.17) is 23.3 Å². The van der Waals surface area contributed by atoms with Crippen molar-refractivity contribution in [3.63, 3.8) is 0 Å². The third kappa shape index (κ3) is 7.09. The number of aromatic nitrogens is 1. The van der Waals surface area contributed by atoms with Crippen LogP contribution in [-0.2, 0) is 19.9 Å². The molecule has 0 unspecified atom stereocenters. The van der Waals surface area contributed by atoms with Crippen molar-refractivity contribution >= 4 is 34.1 Å². The monoisotopic (exact) mass is 495 g/mol. The Morgan fingerprint density at radius 3 is 2.51 bits per heavy atom. The van der Waals surface area contributed by atoms with E-state index < -0.39 is 0 Å². The second-order valence-corrected chi connectivity index (χ2v) is 10.0. The summed E-state index contributed by atoms with van der Waals surface area (Å²) < 4.78 is 2.16. The number of ketones is 1. The van der Waals surface area contributed by atoms with Crippen molar-refractivity contribution in [3.8, 4) is 0 Å². The average molecular weight is 496 g/mol. The quantitative estimate of drug-likeness (QED) is 0.0736. The molecule has 35 heavy (non-hydrogen) atoms. The fourth-order valence-corrected chi connectivity index (χ4v) is 5.06. The van der Waals surface area contributed by atoms with E-state index in [0.717, 1.165) is 47.8 Å². The summed E-state index contributed by atoms with van der Waals surface area (Å²) in [7, 11) is 2.04. The van der Waals surface area contributed by atoms with E-state index in [2.05, 4.69) is 46.3 Å². The SMILES string of the molecule is Cc1cccc(CCCCCCc2c(C(=O)C[C@H](C)C/C(=N/N)NN)c3cc(Cl)ccc3n2C)c1. The number of rotatable bonds is 12. The van der Waals surface area contributed by atoms with Crippen molar-refractivity contribution in [3.05, 3.63) is 69.9 Å². The van der Waals surface area contributed by atoms with Gasteiger partial charge in [0.1, 0.15) is 5.84 Å². The molecule has 0 saturated carbocycles. The normalized spacial score (nSPS) is 12.8. The third-order valence-electron chi connectivity index (χ3n) is 6.67. The van der Waals surface area contributed by atoms with Gasteiger partial charge in [-0.2, -0.15) is 5.10 Å². The molecule has 0 saturated heterocycles. The molecule has 3 rings (SSSR count). The van der Waals surface area contributed by atoms with E-state index in [0.29, 0.717) is 23.7 Å². The van der Waals surface area contributed by atoms with Gasteiger partial charge >= 0.3 is 0 Å². The molecule has 0 aliphatic rings. The number of unbranched alkanes of at least 4 members (excludes halogenated alkanes) is 3. The highest BCUT2D eigenvalue weighted by Gasteiger charge is 2.23. The first-order valence-corrected chi connectivity index (χ1v) is 12.8. The van der Waals surface area contributed by atoms with Crippen LogP contribution in [0, 0.1) is 12.8 Å². The number of nitrogens with zero attached hydrogens (tertiary/aromatic N) is 2. The number of nitrogens with one attached hydrogen (secondary N) is 1. The number of fused-ring (bicyclic) bond motifs is 1. The first kappa shape index (κ1) is 26.8. The van der Waals surface area contributed by atoms with Crippen LogP contribution in [0.15, 0.2) is 47.6 Å². The number of nitrogens with two attached hydrogens (primary N) is 2. The lowest BCUT2D eigenvalue weighted by molar-refractivity contribution is 0.0966. The molecule has 1 atom stereocenters. The van der Waals surface area contributed by atoms with Crippen molar-refractivity contribution in [2.24, 2.45) is 29.8 Å². The number of amidine groups is 1. The van der Waals surface area contributed by atoms with E-state index in [9.17, 15) is 4.79 Å². The molecule has 0 spiro atoms. The van der Waals surface area contributed by atoms with Crippen LogP contribution >= 0.6 is 11.6 Å². The smallest absolute Gasteiger partial charge is 0.165 e.